The van der Waals surface area contributed by atoms with Crippen LogP contribution in [0.3, 0.4) is 0 Å². The van der Waals surface area contributed by atoms with Crippen molar-refractivity contribution in [3.8, 4) is 0 Å². The van der Waals surface area contributed by atoms with Crippen LogP contribution in [0, 0.1) is 0 Å². The SMILES string of the molecule is COCC(COC(CCl)C(Br)CCl)OC. The minimum atomic E-state index is -0.112. The molecular formula is C9H17BrCl2O3. The molecule has 0 aromatic carbocycles. The van der Waals surface area contributed by atoms with Gasteiger partial charge in [0.15, 0.2) is 0 Å². The van der Waals surface area contributed by atoms with E-state index in [1.165, 1.54) is 0 Å². The van der Waals surface area contributed by atoms with Crippen molar-refractivity contribution in [1.29, 1.82) is 0 Å². The molecule has 0 aliphatic carbocycles. The summed E-state index contributed by atoms with van der Waals surface area (Å²) < 4.78 is 15.7. The van der Waals surface area contributed by atoms with Crippen molar-refractivity contribution in [3.63, 3.8) is 0 Å². The predicted molar refractivity (Wildman–Crippen MR) is 66.6 cm³/mol. The second-order valence-electron chi connectivity index (χ2n) is 3.01. The molecule has 6 heteroatoms. The van der Waals surface area contributed by atoms with Crippen LogP contribution in [0.4, 0.5) is 0 Å². The van der Waals surface area contributed by atoms with Gasteiger partial charge in [0.1, 0.15) is 6.10 Å². The standard InChI is InChI=1S/C9H17BrCl2O3/c1-13-5-7(14-2)6-15-9(4-12)8(10)3-11/h7-9H,3-6H2,1-2H3. The van der Waals surface area contributed by atoms with Gasteiger partial charge in [0.2, 0.25) is 0 Å². The summed E-state index contributed by atoms with van der Waals surface area (Å²) in [5.41, 5.74) is 0. The quantitative estimate of drug-likeness (QED) is 0.609. The molecule has 3 atom stereocenters. The normalized spacial score (nSPS) is 17.4. The zero-order valence-electron chi connectivity index (χ0n) is 8.92. The molecule has 0 aliphatic heterocycles. The predicted octanol–water partition coefficient (Wildman–Crippen LogP) is 2.27. The zero-order valence-corrected chi connectivity index (χ0v) is 12.0. The Bertz CT molecular complexity index is 151. The van der Waals surface area contributed by atoms with Crippen molar-refractivity contribution in [1.82, 2.24) is 0 Å². The monoisotopic (exact) mass is 322 g/mol. The van der Waals surface area contributed by atoms with Gasteiger partial charge >= 0.3 is 0 Å². The molecule has 0 spiro atoms. The van der Waals surface area contributed by atoms with Crippen molar-refractivity contribution >= 4 is 39.1 Å². The molecular weight excluding hydrogens is 307 g/mol. The Morgan fingerprint density at radius 3 is 2.20 bits per heavy atom. The highest BCUT2D eigenvalue weighted by molar-refractivity contribution is 9.09. The molecule has 0 aromatic rings. The summed E-state index contributed by atoms with van der Waals surface area (Å²) in [5, 5.41) is 0. The van der Waals surface area contributed by atoms with Crippen LogP contribution in [0.5, 0.6) is 0 Å². The summed E-state index contributed by atoms with van der Waals surface area (Å²) in [6.45, 7) is 0.944. The van der Waals surface area contributed by atoms with E-state index in [4.69, 9.17) is 37.4 Å². The smallest absolute Gasteiger partial charge is 0.104 e. The average molecular weight is 324 g/mol. The topological polar surface area (TPSA) is 27.7 Å². The second-order valence-corrected chi connectivity index (χ2v) is 4.80. The van der Waals surface area contributed by atoms with Gasteiger partial charge in [-0.2, -0.15) is 0 Å². The van der Waals surface area contributed by atoms with E-state index in [-0.39, 0.29) is 17.0 Å². The first-order chi connectivity index (χ1) is 7.19. The Morgan fingerprint density at radius 2 is 1.80 bits per heavy atom. The molecule has 0 amide bonds. The van der Waals surface area contributed by atoms with Gasteiger partial charge in [-0.1, -0.05) is 15.9 Å². The van der Waals surface area contributed by atoms with Crippen molar-refractivity contribution in [2.24, 2.45) is 0 Å². The van der Waals surface area contributed by atoms with Crippen LogP contribution in [0.1, 0.15) is 0 Å². The third-order valence-corrected chi connectivity index (χ3v) is 3.81. The molecule has 15 heavy (non-hydrogen) atoms. The molecule has 3 nitrogen and oxygen atoms in total. The number of hydrogen-bond donors (Lipinski definition) is 0. The lowest BCUT2D eigenvalue weighted by Gasteiger charge is -2.22. The second kappa shape index (κ2) is 10.1. The Morgan fingerprint density at radius 1 is 1.13 bits per heavy atom. The van der Waals surface area contributed by atoms with E-state index < -0.39 is 0 Å². The summed E-state index contributed by atoms with van der Waals surface area (Å²) in [5.74, 6) is 0.853. The fourth-order valence-corrected chi connectivity index (χ4v) is 2.00. The highest BCUT2D eigenvalue weighted by Crippen LogP contribution is 2.13. The minimum absolute atomic E-state index is 0.0525. The van der Waals surface area contributed by atoms with Gasteiger partial charge in [-0.3, -0.25) is 0 Å². The van der Waals surface area contributed by atoms with Gasteiger partial charge < -0.3 is 14.2 Å². The summed E-state index contributed by atoms with van der Waals surface area (Å²) in [4.78, 5) is 0.0525. The van der Waals surface area contributed by atoms with Crippen molar-refractivity contribution in [2.75, 3.05) is 39.2 Å². The Hall–Kier alpha value is 0.940. The molecule has 0 aliphatic rings. The van der Waals surface area contributed by atoms with Gasteiger partial charge in [0, 0.05) is 26.0 Å². The van der Waals surface area contributed by atoms with E-state index in [9.17, 15) is 0 Å². The molecule has 0 N–H and O–H groups in total. The maximum atomic E-state index is 5.76. The van der Waals surface area contributed by atoms with Crippen LogP contribution in [0.25, 0.3) is 0 Å². The Kier molecular flexibility index (Phi) is 10.8. The number of ether oxygens (including phenoxy) is 3. The summed E-state index contributed by atoms with van der Waals surface area (Å²) in [6.07, 6.45) is -0.186. The van der Waals surface area contributed by atoms with Gasteiger partial charge in [-0.25, -0.2) is 0 Å². The Labute approximate surface area is 109 Å². The highest BCUT2D eigenvalue weighted by atomic mass is 79.9. The summed E-state index contributed by atoms with van der Waals surface area (Å²) in [7, 11) is 3.24. The molecule has 0 saturated heterocycles. The van der Waals surface area contributed by atoms with E-state index in [0.717, 1.165) is 0 Å². The lowest BCUT2D eigenvalue weighted by atomic mass is 10.3. The van der Waals surface area contributed by atoms with E-state index >= 15 is 0 Å². The average Bonchev–Trinajstić information content (AvgIpc) is 2.27. The maximum absolute atomic E-state index is 5.76. The van der Waals surface area contributed by atoms with E-state index in [1.807, 2.05) is 0 Å². The van der Waals surface area contributed by atoms with E-state index in [2.05, 4.69) is 15.9 Å². The number of alkyl halides is 3. The fraction of sp³-hybridized carbons (Fsp3) is 1.00. The molecule has 0 rings (SSSR count). The zero-order chi connectivity index (χ0) is 11.7. The number of rotatable bonds is 9. The summed E-state index contributed by atoms with van der Waals surface area (Å²) >= 11 is 14.9. The first-order valence-electron chi connectivity index (χ1n) is 4.58. The molecule has 92 valence electrons. The van der Waals surface area contributed by atoms with Crippen LogP contribution in [0.2, 0.25) is 0 Å². The molecule has 3 unspecified atom stereocenters. The number of halogens is 3. The van der Waals surface area contributed by atoms with Crippen molar-refractivity contribution in [2.45, 2.75) is 17.0 Å². The molecule has 0 bridgehead atoms. The minimum Gasteiger partial charge on any atom is -0.382 e. The van der Waals surface area contributed by atoms with Crippen LogP contribution in [0.15, 0.2) is 0 Å². The first-order valence-corrected chi connectivity index (χ1v) is 6.57. The molecule has 0 fully saturated rings. The number of methoxy groups -OCH3 is 2. The maximum Gasteiger partial charge on any atom is 0.104 e. The van der Waals surface area contributed by atoms with Crippen molar-refractivity contribution in [3.05, 3.63) is 0 Å². The van der Waals surface area contributed by atoms with Gasteiger partial charge in [-0.05, 0) is 0 Å². The summed E-state index contributed by atoms with van der Waals surface area (Å²) in [6, 6.07) is 0. The van der Waals surface area contributed by atoms with Gasteiger partial charge in [0.25, 0.3) is 0 Å². The largest absolute Gasteiger partial charge is 0.382 e. The lowest BCUT2D eigenvalue weighted by Crippen LogP contribution is -2.33. The van der Waals surface area contributed by atoms with Gasteiger partial charge in [0.05, 0.1) is 24.1 Å². The highest BCUT2D eigenvalue weighted by Gasteiger charge is 2.19. The Balaban J connectivity index is 3.86. The lowest BCUT2D eigenvalue weighted by molar-refractivity contribution is -0.0481. The molecule has 0 aromatic heterocycles. The molecule has 0 saturated carbocycles. The fourth-order valence-electron chi connectivity index (χ4n) is 0.946. The van der Waals surface area contributed by atoms with Crippen LogP contribution in [-0.4, -0.2) is 56.2 Å². The molecule has 0 heterocycles. The van der Waals surface area contributed by atoms with Crippen LogP contribution in [-0.2, 0) is 14.2 Å². The van der Waals surface area contributed by atoms with Gasteiger partial charge in [-0.15, -0.1) is 23.2 Å². The third-order valence-electron chi connectivity index (χ3n) is 1.88. The number of hydrogen-bond acceptors (Lipinski definition) is 3. The van der Waals surface area contributed by atoms with Crippen LogP contribution >= 0.6 is 39.1 Å². The molecule has 0 radical (unpaired) electrons. The first kappa shape index (κ1) is 15.9. The van der Waals surface area contributed by atoms with Crippen LogP contribution < -0.4 is 0 Å². The van der Waals surface area contributed by atoms with E-state index in [1.54, 1.807) is 14.2 Å². The van der Waals surface area contributed by atoms with E-state index in [0.29, 0.717) is 25.0 Å². The van der Waals surface area contributed by atoms with Crippen molar-refractivity contribution < 1.29 is 14.2 Å². The third kappa shape index (κ3) is 6.97.